The Bertz CT molecular complexity index is 1010. The predicted molar refractivity (Wildman–Crippen MR) is 92.7 cm³/mol. The summed E-state index contributed by atoms with van der Waals surface area (Å²) in [4.78, 5) is 26.0. The van der Waals surface area contributed by atoms with Crippen molar-refractivity contribution >= 4 is 23.5 Å². The molecule has 0 saturated heterocycles. The van der Waals surface area contributed by atoms with Gasteiger partial charge in [-0.3, -0.25) is 9.59 Å². The molecular formula is C19H15NO6. The molecule has 2 aromatic rings. The number of phenols is 1. The van der Waals surface area contributed by atoms with Crippen LogP contribution in [0.25, 0.3) is 11.8 Å². The fourth-order valence-electron chi connectivity index (χ4n) is 3.19. The molecule has 7 heteroatoms. The highest BCUT2D eigenvalue weighted by Gasteiger charge is 2.38. The van der Waals surface area contributed by atoms with Crippen molar-refractivity contribution in [3.05, 3.63) is 41.0 Å². The molecule has 2 aromatic carbocycles. The molecule has 26 heavy (non-hydrogen) atoms. The lowest BCUT2D eigenvalue weighted by Gasteiger charge is -2.28. The second-order valence-corrected chi connectivity index (χ2v) is 5.88. The lowest BCUT2D eigenvalue weighted by Crippen LogP contribution is -2.37. The van der Waals surface area contributed by atoms with Crippen LogP contribution in [0.3, 0.4) is 0 Å². The van der Waals surface area contributed by atoms with Gasteiger partial charge in [-0.2, -0.15) is 0 Å². The van der Waals surface area contributed by atoms with Gasteiger partial charge in [-0.05, 0) is 30.3 Å². The topological polar surface area (TPSA) is 85.3 Å². The van der Waals surface area contributed by atoms with Crippen LogP contribution in [0.4, 0.5) is 0 Å². The molecule has 2 aliphatic rings. The number of rotatable bonds is 2. The number of hydrogen-bond donors (Lipinski definition) is 1. The number of amides is 1. The second-order valence-electron chi connectivity index (χ2n) is 5.88. The molecular weight excluding hydrogens is 338 g/mol. The molecule has 2 aliphatic heterocycles. The van der Waals surface area contributed by atoms with E-state index in [9.17, 15) is 14.7 Å². The van der Waals surface area contributed by atoms with Crippen LogP contribution in [0, 0.1) is 0 Å². The van der Waals surface area contributed by atoms with Crippen molar-refractivity contribution < 1.29 is 28.9 Å². The largest absolute Gasteiger partial charge is 0.502 e. The van der Waals surface area contributed by atoms with Crippen LogP contribution in [-0.4, -0.2) is 43.0 Å². The molecule has 132 valence electrons. The molecule has 0 unspecified atom stereocenters. The summed E-state index contributed by atoms with van der Waals surface area (Å²) in [7, 11) is 4.43. The number of carbonyl (C=O) groups excluding carboxylic acids is 2. The quantitative estimate of drug-likeness (QED) is 0.836. The lowest BCUT2D eigenvalue weighted by molar-refractivity contribution is -0.122. The number of hydrogen-bond acceptors (Lipinski definition) is 6. The fraction of sp³-hybridized carbons (Fsp3) is 0.158. The van der Waals surface area contributed by atoms with Crippen molar-refractivity contribution in [2.75, 3.05) is 21.3 Å². The van der Waals surface area contributed by atoms with Gasteiger partial charge in [0.2, 0.25) is 5.75 Å². The maximum absolute atomic E-state index is 12.4. The maximum Gasteiger partial charge on any atom is 0.299 e. The molecule has 2 heterocycles. The van der Waals surface area contributed by atoms with E-state index in [0.29, 0.717) is 22.6 Å². The zero-order valence-electron chi connectivity index (χ0n) is 14.3. The maximum atomic E-state index is 12.4. The Hall–Kier alpha value is -3.48. The third kappa shape index (κ3) is 2.00. The second kappa shape index (κ2) is 5.52. The molecule has 0 aromatic heterocycles. The Labute approximate surface area is 149 Å². The number of likely N-dealkylation sites (N-methyl/N-ethyl adjacent to an activating group) is 1. The summed E-state index contributed by atoms with van der Waals surface area (Å²) >= 11 is 0. The normalized spacial score (nSPS) is 14.7. The number of phenolic OH excluding ortho intramolecular Hbond substituents is 1. The van der Waals surface area contributed by atoms with Crippen LogP contribution in [0.2, 0.25) is 0 Å². The molecule has 0 aliphatic carbocycles. The third-order valence-electron chi connectivity index (χ3n) is 4.54. The minimum absolute atomic E-state index is 0.159. The number of methoxy groups -OCH3 is 2. The molecule has 0 saturated carbocycles. The van der Waals surface area contributed by atoms with Gasteiger partial charge in [0.25, 0.3) is 11.7 Å². The lowest BCUT2D eigenvalue weighted by atomic mass is 9.93. The Kier molecular flexibility index (Phi) is 3.40. The van der Waals surface area contributed by atoms with Gasteiger partial charge in [-0.1, -0.05) is 0 Å². The number of Topliss-reactive ketones (excluding diaryl/α,β-unsaturated/α-hetero) is 1. The van der Waals surface area contributed by atoms with Gasteiger partial charge in [-0.15, -0.1) is 0 Å². The van der Waals surface area contributed by atoms with Crippen LogP contribution < -0.4 is 14.2 Å². The first-order valence-electron chi connectivity index (χ1n) is 7.81. The standard InChI is InChI=1S/C19H15NO6/c1-20-11-8-9-4-6-12(24-2)16(22)17(9)26-18-13(25-3)7-5-10(14(11)18)15(21)19(20)23/h4-8,22H,1-3H3. The average Bonchev–Trinajstić information content (AvgIpc) is 2.83. The SMILES string of the molecule is COc1ccc2c(c1O)Oc1c(OC)ccc3c1C(=C2)N(C)C(=O)C3=O. The van der Waals surface area contributed by atoms with Crippen LogP contribution in [0.1, 0.15) is 21.5 Å². The summed E-state index contributed by atoms with van der Waals surface area (Å²) < 4.78 is 16.5. The first kappa shape index (κ1) is 16.0. The highest BCUT2D eigenvalue weighted by Crippen LogP contribution is 2.51. The highest BCUT2D eigenvalue weighted by atomic mass is 16.5. The van der Waals surface area contributed by atoms with Gasteiger partial charge in [0, 0.05) is 18.2 Å². The zero-order valence-corrected chi connectivity index (χ0v) is 14.3. The number of benzene rings is 2. The van der Waals surface area contributed by atoms with E-state index in [1.165, 1.54) is 26.2 Å². The number of ether oxygens (including phenoxy) is 3. The highest BCUT2D eigenvalue weighted by molar-refractivity contribution is 6.46. The Balaban J connectivity index is 2.10. The molecule has 0 atom stereocenters. The predicted octanol–water partition coefficient (Wildman–Crippen LogP) is 2.67. The van der Waals surface area contributed by atoms with Crippen molar-refractivity contribution in [3.63, 3.8) is 0 Å². The van der Waals surface area contributed by atoms with Gasteiger partial charge in [-0.25, -0.2) is 0 Å². The van der Waals surface area contributed by atoms with Crippen LogP contribution in [0.5, 0.6) is 28.7 Å². The summed E-state index contributed by atoms with van der Waals surface area (Å²) in [5, 5.41) is 10.5. The summed E-state index contributed by atoms with van der Waals surface area (Å²) in [6.45, 7) is 0. The molecule has 7 nitrogen and oxygen atoms in total. The number of fused-ring (bicyclic) bond motifs is 1. The van der Waals surface area contributed by atoms with E-state index in [2.05, 4.69) is 0 Å². The molecule has 1 amide bonds. The van der Waals surface area contributed by atoms with E-state index in [-0.39, 0.29) is 28.6 Å². The van der Waals surface area contributed by atoms with E-state index in [1.807, 2.05) is 0 Å². The first-order valence-corrected chi connectivity index (χ1v) is 7.81. The van der Waals surface area contributed by atoms with E-state index in [0.717, 1.165) is 0 Å². The van der Waals surface area contributed by atoms with Crippen LogP contribution >= 0.6 is 0 Å². The summed E-state index contributed by atoms with van der Waals surface area (Å²) in [6, 6.07) is 6.40. The zero-order chi connectivity index (χ0) is 18.6. The van der Waals surface area contributed by atoms with Gasteiger partial charge in [0.05, 0.1) is 25.5 Å². The van der Waals surface area contributed by atoms with E-state index < -0.39 is 11.7 Å². The monoisotopic (exact) mass is 353 g/mol. The van der Waals surface area contributed by atoms with Crippen molar-refractivity contribution in [3.8, 4) is 28.7 Å². The van der Waals surface area contributed by atoms with Gasteiger partial charge >= 0.3 is 0 Å². The summed E-state index contributed by atoms with van der Waals surface area (Å²) in [5.41, 5.74) is 1.71. The average molecular weight is 353 g/mol. The Morgan fingerprint density at radius 2 is 1.69 bits per heavy atom. The van der Waals surface area contributed by atoms with Crippen molar-refractivity contribution in [2.24, 2.45) is 0 Å². The van der Waals surface area contributed by atoms with E-state index >= 15 is 0 Å². The smallest absolute Gasteiger partial charge is 0.299 e. The third-order valence-corrected chi connectivity index (χ3v) is 4.54. The molecule has 0 radical (unpaired) electrons. The molecule has 0 spiro atoms. The van der Waals surface area contributed by atoms with Gasteiger partial charge in [0.15, 0.2) is 23.0 Å². The number of nitrogens with zero attached hydrogens (tertiary/aromatic N) is 1. The van der Waals surface area contributed by atoms with E-state index in [4.69, 9.17) is 14.2 Å². The van der Waals surface area contributed by atoms with Crippen molar-refractivity contribution in [1.29, 1.82) is 0 Å². The Morgan fingerprint density at radius 3 is 2.38 bits per heavy atom. The van der Waals surface area contributed by atoms with Crippen LogP contribution in [0.15, 0.2) is 24.3 Å². The summed E-state index contributed by atoms with van der Waals surface area (Å²) in [6.07, 6.45) is 1.69. The molecule has 1 N–H and O–H groups in total. The van der Waals surface area contributed by atoms with Gasteiger partial charge < -0.3 is 24.2 Å². The Morgan fingerprint density at radius 1 is 1.00 bits per heavy atom. The number of aromatic hydroxyl groups is 1. The molecule has 0 fully saturated rings. The minimum atomic E-state index is -0.638. The van der Waals surface area contributed by atoms with Crippen molar-refractivity contribution in [1.82, 2.24) is 4.90 Å². The number of ketones is 1. The van der Waals surface area contributed by atoms with Crippen LogP contribution in [-0.2, 0) is 4.79 Å². The first-order chi connectivity index (χ1) is 12.5. The number of carbonyl (C=O) groups is 2. The molecule has 4 rings (SSSR count). The minimum Gasteiger partial charge on any atom is -0.502 e. The molecule has 0 bridgehead atoms. The van der Waals surface area contributed by atoms with E-state index in [1.54, 1.807) is 30.3 Å². The fourth-order valence-corrected chi connectivity index (χ4v) is 3.19. The summed E-state index contributed by atoms with van der Waals surface area (Å²) in [5.74, 6) is -0.410. The van der Waals surface area contributed by atoms with Gasteiger partial charge in [0.1, 0.15) is 0 Å². The van der Waals surface area contributed by atoms with Crippen molar-refractivity contribution in [2.45, 2.75) is 0 Å².